The molecule has 5 heteroatoms. The smallest absolute Gasteiger partial charge is 0.203 e. The van der Waals surface area contributed by atoms with E-state index >= 15 is 0 Å². The molecule has 2 nitrogen and oxygen atoms in total. The molecule has 1 aromatic carbocycles. The molecule has 0 aromatic heterocycles. The number of halogens is 3. The summed E-state index contributed by atoms with van der Waals surface area (Å²) in [7, 11) is 1.05. The number of aliphatic hydroxyl groups excluding tert-OH is 1. The van der Waals surface area contributed by atoms with Crippen LogP contribution in [-0.2, 0) is 0 Å². The van der Waals surface area contributed by atoms with Gasteiger partial charge in [0.2, 0.25) is 5.82 Å². The Labute approximate surface area is 85.3 Å². The monoisotopic (exact) mass is 220 g/mol. The van der Waals surface area contributed by atoms with Gasteiger partial charge in [0.25, 0.3) is 0 Å². The molecule has 0 bridgehead atoms. The normalized spacial score (nSPS) is 12.7. The van der Waals surface area contributed by atoms with Crippen LogP contribution in [-0.4, -0.2) is 18.8 Å². The lowest BCUT2D eigenvalue weighted by Crippen LogP contribution is -2.07. The number of benzene rings is 1. The maximum atomic E-state index is 13.5. The van der Waals surface area contributed by atoms with E-state index in [1.54, 1.807) is 0 Å². The summed E-state index contributed by atoms with van der Waals surface area (Å²) in [5, 5.41) is 8.81. The highest BCUT2D eigenvalue weighted by molar-refractivity contribution is 5.35. The van der Waals surface area contributed by atoms with Gasteiger partial charge in [0, 0.05) is 12.5 Å². The molecule has 0 fully saturated rings. The third-order valence-corrected chi connectivity index (χ3v) is 2.15. The summed E-state index contributed by atoms with van der Waals surface area (Å²) in [4.78, 5) is 0. The molecule has 0 saturated carbocycles. The van der Waals surface area contributed by atoms with Gasteiger partial charge in [-0.15, -0.1) is 0 Å². The lowest BCUT2D eigenvalue weighted by Gasteiger charge is -2.13. The number of rotatable bonds is 3. The average molecular weight is 220 g/mol. The van der Waals surface area contributed by atoms with E-state index in [2.05, 4.69) is 4.74 Å². The fourth-order valence-corrected chi connectivity index (χ4v) is 1.24. The summed E-state index contributed by atoms with van der Waals surface area (Å²) >= 11 is 0. The molecule has 1 N–H and O–H groups in total. The van der Waals surface area contributed by atoms with Crippen molar-refractivity contribution in [1.29, 1.82) is 0 Å². The van der Waals surface area contributed by atoms with Crippen molar-refractivity contribution >= 4 is 0 Å². The third-order valence-electron chi connectivity index (χ3n) is 2.15. The quantitative estimate of drug-likeness (QED) is 0.791. The highest BCUT2D eigenvalue weighted by Gasteiger charge is 2.22. The number of methoxy groups -OCH3 is 1. The first-order valence-electron chi connectivity index (χ1n) is 4.35. The van der Waals surface area contributed by atoms with Gasteiger partial charge in [0.1, 0.15) is 0 Å². The van der Waals surface area contributed by atoms with E-state index in [-0.39, 0.29) is 12.2 Å². The molecule has 0 spiro atoms. The van der Waals surface area contributed by atoms with Gasteiger partial charge in [-0.2, -0.15) is 4.39 Å². The lowest BCUT2D eigenvalue weighted by atomic mass is 10.0. The molecule has 1 rings (SSSR count). The number of hydrogen-bond donors (Lipinski definition) is 1. The standard InChI is InChI=1S/C10H11F3O2/c1-5(4-14)6-3-7(11)9(13)10(15-2)8(6)12/h3,5,14H,4H2,1-2H3. The van der Waals surface area contributed by atoms with Crippen molar-refractivity contribution in [2.45, 2.75) is 12.8 Å². The Kier molecular flexibility index (Phi) is 3.57. The van der Waals surface area contributed by atoms with E-state index in [0.29, 0.717) is 0 Å². The second-order valence-corrected chi connectivity index (χ2v) is 3.19. The molecule has 0 amide bonds. The molecule has 0 aliphatic carbocycles. The molecule has 1 atom stereocenters. The minimum Gasteiger partial charge on any atom is -0.491 e. The predicted octanol–water partition coefficient (Wildman–Crippen LogP) is 2.21. The minimum absolute atomic E-state index is 0.103. The molecular formula is C10H11F3O2. The van der Waals surface area contributed by atoms with Crippen molar-refractivity contribution in [3.05, 3.63) is 29.1 Å². The second-order valence-electron chi connectivity index (χ2n) is 3.19. The first kappa shape index (κ1) is 11.8. The van der Waals surface area contributed by atoms with Crippen molar-refractivity contribution in [3.63, 3.8) is 0 Å². The molecule has 15 heavy (non-hydrogen) atoms. The van der Waals surface area contributed by atoms with Crippen LogP contribution in [0.15, 0.2) is 6.07 Å². The molecule has 0 saturated heterocycles. The molecule has 0 heterocycles. The van der Waals surface area contributed by atoms with Gasteiger partial charge in [-0.1, -0.05) is 6.92 Å². The van der Waals surface area contributed by atoms with Gasteiger partial charge in [-0.3, -0.25) is 0 Å². The Morgan fingerprint density at radius 2 is 1.93 bits per heavy atom. The van der Waals surface area contributed by atoms with Gasteiger partial charge >= 0.3 is 0 Å². The van der Waals surface area contributed by atoms with E-state index in [1.165, 1.54) is 6.92 Å². The van der Waals surface area contributed by atoms with Crippen molar-refractivity contribution < 1.29 is 23.0 Å². The number of hydrogen-bond acceptors (Lipinski definition) is 2. The van der Waals surface area contributed by atoms with Crippen LogP contribution in [0.25, 0.3) is 0 Å². The van der Waals surface area contributed by atoms with E-state index in [0.717, 1.165) is 13.2 Å². The molecule has 84 valence electrons. The maximum Gasteiger partial charge on any atom is 0.203 e. The topological polar surface area (TPSA) is 29.5 Å². The highest BCUT2D eigenvalue weighted by atomic mass is 19.2. The lowest BCUT2D eigenvalue weighted by molar-refractivity contribution is 0.267. The summed E-state index contributed by atoms with van der Waals surface area (Å²) in [6, 6.07) is 0.730. The largest absolute Gasteiger partial charge is 0.491 e. The maximum absolute atomic E-state index is 13.5. The van der Waals surface area contributed by atoms with Crippen molar-refractivity contribution in [2.24, 2.45) is 0 Å². The number of ether oxygens (including phenoxy) is 1. The SMILES string of the molecule is COc1c(F)c(F)cc(C(C)CO)c1F. The summed E-state index contributed by atoms with van der Waals surface area (Å²) in [5.41, 5.74) is -0.103. The van der Waals surface area contributed by atoms with Crippen LogP contribution in [0.4, 0.5) is 13.2 Å². The molecule has 0 aliphatic rings. The van der Waals surface area contributed by atoms with Crippen LogP contribution in [0, 0.1) is 17.5 Å². The van der Waals surface area contributed by atoms with Crippen LogP contribution in [0.5, 0.6) is 5.75 Å². The van der Waals surface area contributed by atoms with Crippen LogP contribution in [0.2, 0.25) is 0 Å². The van der Waals surface area contributed by atoms with Crippen LogP contribution < -0.4 is 4.74 Å². The molecule has 0 aliphatic heterocycles. The molecule has 1 aromatic rings. The Morgan fingerprint density at radius 1 is 1.33 bits per heavy atom. The van der Waals surface area contributed by atoms with Gasteiger partial charge in [0.05, 0.1) is 7.11 Å². The Bertz CT molecular complexity index is 366. The fourth-order valence-electron chi connectivity index (χ4n) is 1.24. The first-order valence-corrected chi connectivity index (χ1v) is 4.35. The van der Waals surface area contributed by atoms with Gasteiger partial charge in [-0.05, 0) is 11.6 Å². The van der Waals surface area contributed by atoms with E-state index in [1.807, 2.05) is 0 Å². The predicted molar refractivity (Wildman–Crippen MR) is 48.4 cm³/mol. The zero-order valence-electron chi connectivity index (χ0n) is 8.35. The first-order chi connectivity index (χ1) is 7.02. The fraction of sp³-hybridized carbons (Fsp3) is 0.400. The molecule has 0 radical (unpaired) electrons. The summed E-state index contributed by atoms with van der Waals surface area (Å²) < 4.78 is 43.9. The molecule has 1 unspecified atom stereocenters. The van der Waals surface area contributed by atoms with Crippen molar-refractivity contribution in [2.75, 3.05) is 13.7 Å². The van der Waals surface area contributed by atoms with Gasteiger partial charge in [0.15, 0.2) is 17.4 Å². The Morgan fingerprint density at radius 3 is 2.40 bits per heavy atom. The third kappa shape index (κ3) is 2.07. The Balaban J connectivity index is 3.36. The van der Waals surface area contributed by atoms with Gasteiger partial charge in [-0.25, -0.2) is 8.78 Å². The van der Waals surface area contributed by atoms with E-state index in [4.69, 9.17) is 5.11 Å². The van der Waals surface area contributed by atoms with Crippen LogP contribution in [0.3, 0.4) is 0 Å². The summed E-state index contributed by atoms with van der Waals surface area (Å²) in [6.45, 7) is 1.14. The summed E-state index contributed by atoms with van der Waals surface area (Å²) in [5.74, 6) is -4.90. The zero-order valence-corrected chi connectivity index (χ0v) is 8.35. The van der Waals surface area contributed by atoms with Crippen LogP contribution >= 0.6 is 0 Å². The minimum atomic E-state index is -1.36. The average Bonchev–Trinajstić information content (AvgIpc) is 2.23. The Hall–Kier alpha value is -1.23. The van der Waals surface area contributed by atoms with Crippen LogP contribution in [0.1, 0.15) is 18.4 Å². The van der Waals surface area contributed by atoms with Crippen molar-refractivity contribution in [1.82, 2.24) is 0 Å². The number of aliphatic hydroxyl groups is 1. The summed E-state index contributed by atoms with van der Waals surface area (Å²) in [6.07, 6.45) is 0. The van der Waals surface area contributed by atoms with Gasteiger partial charge < -0.3 is 9.84 Å². The molecular weight excluding hydrogens is 209 g/mol. The van der Waals surface area contributed by atoms with E-state index < -0.39 is 29.1 Å². The second kappa shape index (κ2) is 4.53. The zero-order chi connectivity index (χ0) is 11.6. The van der Waals surface area contributed by atoms with Crippen molar-refractivity contribution in [3.8, 4) is 5.75 Å². The highest BCUT2D eigenvalue weighted by Crippen LogP contribution is 2.30. The van der Waals surface area contributed by atoms with E-state index in [9.17, 15) is 13.2 Å².